The summed E-state index contributed by atoms with van der Waals surface area (Å²) in [4.78, 5) is 42.3. The second kappa shape index (κ2) is 11.8. The third-order valence-electron chi connectivity index (χ3n) is 6.89. The van der Waals surface area contributed by atoms with Gasteiger partial charge in [0.15, 0.2) is 9.04 Å². The molecule has 1 aromatic rings. The second-order valence-electron chi connectivity index (χ2n) is 14.4. The van der Waals surface area contributed by atoms with Crippen LogP contribution in [-0.4, -0.2) is 78.5 Å². The van der Waals surface area contributed by atoms with Gasteiger partial charge in [-0.25, -0.2) is 14.4 Å². The van der Waals surface area contributed by atoms with Crippen LogP contribution in [0.2, 0.25) is 13.1 Å². The van der Waals surface area contributed by atoms with Crippen LogP contribution in [0.25, 0.3) is 5.57 Å². The Morgan fingerprint density at radius 2 is 1.41 bits per heavy atom. The van der Waals surface area contributed by atoms with Crippen LogP contribution in [0.4, 0.5) is 9.59 Å². The number of ether oxygens (including phenoxy) is 2. The Morgan fingerprint density at radius 1 is 0.878 bits per heavy atom. The van der Waals surface area contributed by atoms with Crippen LogP contribution in [0.3, 0.4) is 0 Å². The maximum absolute atomic E-state index is 13.4. The van der Waals surface area contributed by atoms with E-state index >= 15 is 0 Å². The number of carbonyl (C=O) groups excluding carboxylic acids is 2. The van der Waals surface area contributed by atoms with Gasteiger partial charge in [-0.05, 0) is 83.2 Å². The lowest BCUT2D eigenvalue weighted by Gasteiger charge is -2.50. The average Bonchev–Trinajstić information content (AvgIpc) is 2.78. The number of amides is 2. The third kappa shape index (κ3) is 8.13. The van der Waals surface area contributed by atoms with Crippen LogP contribution in [0.15, 0.2) is 29.8 Å². The van der Waals surface area contributed by atoms with Gasteiger partial charge in [-0.15, -0.1) is 0 Å². The number of benzene rings is 1. The molecule has 1 N–H and O–H groups in total. The quantitative estimate of drug-likeness (QED) is 0.406. The largest absolute Gasteiger partial charge is 0.478 e. The first-order valence-corrected chi connectivity index (χ1v) is 17.2. The first kappa shape index (κ1) is 32.7. The molecule has 3 atom stereocenters. The zero-order valence-electron chi connectivity index (χ0n) is 26.5. The molecule has 2 bridgehead atoms. The number of carboxylic acid groups (broad SMARTS) is 1. The number of aliphatic carboxylic acids is 1. The van der Waals surface area contributed by atoms with Gasteiger partial charge in [-0.2, -0.15) is 0 Å². The molecular formula is C31H48N2O7Si. The van der Waals surface area contributed by atoms with E-state index in [4.69, 9.17) is 13.9 Å². The number of nitrogens with zero attached hydrogens (tertiary/aromatic N) is 2. The fourth-order valence-electron chi connectivity index (χ4n) is 5.43. The van der Waals surface area contributed by atoms with Gasteiger partial charge in [-0.3, -0.25) is 4.90 Å². The molecule has 41 heavy (non-hydrogen) atoms. The number of carbonyl (C=O) groups is 3. The Morgan fingerprint density at radius 3 is 1.88 bits per heavy atom. The van der Waals surface area contributed by atoms with Crippen molar-refractivity contribution in [3.05, 3.63) is 41.0 Å². The van der Waals surface area contributed by atoms with Gasteiger partial charge in [0.2, 0.25) is 0 Å². The van der Waals surface area contributed by atoms with Crippen molar-refractivity contribution in [3.63, 3.8) is 0 Å². The molecular weight excluding hydrogens is 540 g/mol. The summed E-state index contributed by atoms with van der Waals surface area (Å²) in [6.07, 6.45) is -0.941. The van der Waals surface area contributed by atoms with Crippen LogP contribution in [0.5, 0.6) is 0 Å². The molecule has 3 unspecified atom stereocenters. The maximum atomic E-state index is 13.4. The number of piperazine rings is 1. The molecule has 2 aliphatic rings. The predicted octanol–water partition coefficient (Wildman–Crippen LogP) is 6.24. The molecule has 3 rings (SSSR count). The topological polar surface area (TPSA) is 106 Å². The second-order valence-corrected chi connectivity index (χ2v) is 16.8. The minimum atomic E-state index is -1.32. The van der Waals surface area contributed by atoms with Crippen molar-refractivity contribution in [2.24, 2.45) is 5.41 Å². The minimum Gasteiger partial charge on any atom is -0.478 e. The fraction of sp³-hybridized carbons (Fsp3) is 0.645. The molecule has 0 aromatic heterocycles. The third-order valence-corrected chi connectivity index (χ3v) is 7.71. The van der Waals surface area contributed by atoms with E-state index in [1.807, 2.05) is 24.3 Å². The van der Waals surface area contributed by atoms with Crippen LogP contribution in [0, 0.1) is 5.41 Å². The molecule has 228 valence electrons. The zero-order chi connectivity index (χ0) is 31.1. The Hall–Kier alpha value is -2.85. The molecule has 2 amide bonds. The number of hydrogen-bond donors (Lipinski definition) is 1. The van der Waals surface area contributed by atoms with Crippen LogP contribution < -0.4 is 0 Å². The van der Waals surface area contributed by atoms with Crippen LogP contribution in [-0.2, 0) is 18.7 Å². The molecule has 1 saturated heterocycles. The molecule has 2 heterocycles. The summed E-state index contributed by atoms with van der Waals surface area (Å²) >= 11 is 0. The predicted molar refractivity (Wildman–Crippen MR) is 161 cm³/mol. The van der Waals surface area contributed by atoms with Gasteiger partial charge in [0, 0.05) is 13.1 Å². The van der Waals surface area contributed by atoms with Crippen molar-refractivity contribution < 1.29 is 33.4 Å². The van der Waals surface area contributed by atoms with Crippen molar-refractivity contribution in [1.29, 1.82) is 0 Å². The van der Waals surface area contributed by atoms with Gasteiger partial charge in [0.05, 0.1) is 23.8 Å². The summed E-state index contributed by atoms with van der Waals surface area (Å²) in [7, 11) is -1.32. The van der Waals surface area contributed by atoms with E-state index < -0.39 is 50.5 Å². The van der Waals surface area contributed by atoms with E-state index in [2.05, 4.69) is 33.9 Å². The molecule has 0 saturated carbocycles. The number of hydrogen-bond acceptors (Lipinski definition) is 6. The van der Waals surface area contributed by atoms with E-state index in [1.165, 1.54) is 9.80 Å². The lowest BCUT2D eigenvalue weighted by molar-refractivity contribution is -0.134. The van der Waals surface area contributed by atoms with E-state index in [0.29, 0.717) is 5.57 Å². The summed E-state index contributed by atoms with van der Waals surface area (Å²) in [6, 6.07) is 6.54. The molecule has 10 heteroatoms. The zero-order valence-corrected chi connectivity index (χ0v) is 27.7. The molecule has 1 fully saturated rings. The summed E-state index contributed by atoms with van der Waals surface area (Å²) < 4.78 is 17.7. The van der Waals surface area contributed by atoms with Crippen LogP contribution in [0.1, 0.15) is 86.0 Å². The number of carboxylic acids is 1. The van der Waals surface area contributed by atoms with Gasteiger partial charge in [-0.1, -0.05) is 45.0 Å². The van der Waals surface area contributed by atoms with Gasteiger partial charge in [0.25, 0.3) is 0 Å². The lowest BCUT2D eigenvalue weighted by atomic mass is 9.81. The first-order chi connectivity index (χ1) is 18.7. The Kier molecular flexibility index (Phi) is 9.40. The SMILES string of the molecule is C[SiH](C)OC(c1ccc(C2=C(C(=O)O)C3CN(C(=O)OC(C)(C)C)CC(C2)N3C(=O)OC(C)(C)C)cc1)C(C)(C)C. The van der Waals surface area contributed by atoms with Crippen LogP contribution >= 0.6 is 0 Å². The van der Waals surface area contributed by atoms with Crippen molar-refractivity contribution in [3.8, 4) is 0 Å². The molecule has 0 radical (unpaired) electrons. The monoisotopic (exact) mass is 588 g/mol. The van der Waals surface area contributed by atoms with Gasteiger partial charge >= 0.3 is 18.2 Å². The summed E-state index contributed by atoms with van der Waals surface area (Å²) in [6.45, 7) is 21.6. The fourth-order valence-corrected chi connectivity index (χ4v) is 6.54. The maximum Gasteiger partial charge on any atom is 0.411 e. The smallest absolute Gasteiger partial charge is 0.411 e. The summed E-state index contributed by atoms with van der Waals surface area (Å²) in [5.41, 5.74) is 1.00. The molecule has 0 spiro atoms. The molecule has 2 aliphatic heterocycles. The number of rotatable bonds is 5. The lowest BCUT2D eigenvalue weighted by Crippen LogP contribution is -2.65. The van der Waals surface area contributed by atoms with E-state index in [-0.39, 0.29) is 36.6 Å². The number of fused-ring (bicyclic) bond motifs is 2. The highest BCUT2D eigenvalue weighted by Gasteiger charge is 2.49. The highest BCUT2D eigenvalue weighted by atomic mass is 28.3. The molecule has 9 nitrogen and oxygen atoms in total. The highest BCUT2D eigenvalue weighted by molar-refractivity contribution is 6.48. The van der Waals surface area contributed by atoms with E-state index in [1.54, 1.807) is 41.5 Å². The van der Waals surface area contributed by atoms with Crippen molar-refractivity contribution in [2.45, 2.75) is 111 Å². The van der Waals surface area contributed by atoms with Crippen molar-refractivity contribution in [1.82, 2.24) is 9.80 Å². The van der Waals surface area contributed by atoms with Crippen molar-refractivity contribution in [2.75, 3.05) is 13.1 Å². The van der Waals surface area contributed by atoms with Gasteiger partial charge in [0.1, 0.15) is 11.2 Å². The van der Waals surface area contributed by atoms with E-state index in [0.717, 1.165) is 11.1 Å². The Bertz CT molecular complexity index is 1170. The normalized spacial score (nSPS) is 20.7. The summed E-state index contributed by atoms with van der Waals surface area (Å²) in [5, 5.41) is 10.5. The summed E-state index contributed by atoms with van der Waals surface area (Å²) in [5.74, 6) is -1.13. The van der Waals surface area contributed by atoms with Gasteiger partial charge < -0.3 is 23.9 Å². The average molecular weight is 589 g/mol. The van der Waals surface area contributed by atoms with E-state index in [9.17, 15) is 19.5 Å². The first-order valence-electron chi connectivity index (χ1n) is 14.4. The molecule has 1 aromatic carbocycles. The minimum absolute atomic E-state index is 0.00712. The van der Waals surface area contributed by atoms with Crippen molar-refractivity contribution >= 4 is 32.8 Å². The Labute approximate surface area is 246 Å². The highest BCUT2D eigenvalue weighted by Crippen LogP contribution is 2.41. The standard InChI is InChI=1S/C31H48N2O7Si/c1-29(2,3)25(40-41(10)11)20-14-12-19(13-15-20)22-16-21-17-32(27(36)38-30(4,5)6)18-23(24(22)26(34)35)33(21)28(37)39-31(7,8)9/h12-15,21,23,25,41H,16-18H2,1-11H3,(H,34,35). The molecule has 0 aliphatic carbocycles. The Balaban J connectivity index is 2.07.